The van der Waals surface area contributed by atoms with Crippen molar-refractivity contribution in [2.45, 2.75) is 0 Å². The Bertz CT molecular complexity index is 1170. The van der Waals surface area contributed by atoms with Crippen molar-refractivity contribution in [1.82, 2.24) is 9.71 Å². The first kappa shape index (κ1) is 15.5. The van der Waals surface area contributed by atoms with Gasteiger partial charge in [0.25, 0.3) is 0 Å². The van der Waals surface area contributed by atoms with Gasteiger partial charge in [-0.2, -0.15) is 0 Å². The number of phenols is 1. The molecule has 2 heterocycles. The Balaban J connectivity index is 1.91. The number of rotatable bonds is 2. The van der Waals surface area contributed by atoms with Crippen molar-refractivity contribution in [1.29, 1.82) is 0 Å². The minimum Gasteiger partial charge on any atom is -0.507 e. The lowest BCUT2D eigenvalue weighted by atomic mass is 10.1. The Kier molecular flexibility index (Phi) is 3.29. The fraction of sp³-hybridized carbons (Fsp3) is 0. The quantitative estimate of drug-likeness (QED) is 0.461. The predicted molar refractivity (Wildman–Crippen MR) is 87.2 cm³/mol. The van der Waals surface area contributed by atoms with E-state index in [2.05, 4.69) is 4.98 Å². The third-order valence-corrected chi connectivity index (χ3v) is 3.68. The summed E-state index contributed by atoms with van der Waals surface area (Å²) in [6.07, 6.45) is 0. The smallest absolute Gasteiger partial charge is 0.371 e. The molecule has 0 saturated heterocycles. The second-order valence-electron chi connectivity index (χ2n) is 5.37. The zero-order valence-corrected chi connectivity index (χ0v) is 12.9. The summed E-state index contributed by atoms with van der Waals surface area (Å²) in [5, 5.41) is 29.2. The van der Waals surface area contributed by atoms with Crippen LogP contribution in [-0.2, 0) is 0 Å². The summed E-state index contributed by atoms with van der Waals surface area (Å²) < 4.78 is 6.06. The molecule has 1 aromatic heterocycles. The first-order valence-electron chi connectivity index (χ1n) is 7.33. The number of benzene rings is 2. The van der Waals surface area contributed by atoms with Crippen LogP contribution in [0.25, 0.3) is 22.6 Å². The number of carbonyl (C=O) groups is 1. The van der Waals surface area contributed by atoms with E-state index in [4.69, 9.17) is 9.25 Å². The Morgan fingerprint density at radius 2 is 1.77 bits per heavy atom. The van der Waals surface area contributed by atoms with Crippen molar-refractivity contribution < 1.29 is 29.4 Å². The molecule has 0 spiro atoms. The molecule has 1 aromatic carbocycles. The van der Waals surface area contributed by atoms with Gasteiger partial charge in [0.15, 0.2) is 16.8 Å². The van der Waals surface area contributed by atoms with Crippen LogP contribution in [0.15, 0.2) is 51.7 Å². The van der Waals surface area contributed by atoms with Gasteiger partial charge in [0.1, 0.15) is 22.5 Å². The van der Waals surface area contributed by atoms with Crippen molar-refractivity contribution in [3.63, 3.8) is 0 Å². The van der Waals surface area contributed by atoms with E-state index < -0.39 is 23.5 Å². The second-order valence-corrected chi connectivity index (χ2v) is 5.37. The molecule has 26 heavy (non-hydrogen) atoms. The molecule has 0 fully saturated rings. The molecule has 1 aliphatic heterocycles. The van der Waals surface area contributed by atoms with Crippen molar-refractivity contribution >= 4 is 17.1 Å². The number of nitrogens with zero attached hydrogens (tertiary/aromatic N) is 2. The van der Waals surface area contributed by atoms with E-state index in [0.717, 1.165) is 12.1 Å². The SMILES string of the molecule is O=C(On1c(O)ccc1O)c1c(O)ccc2nc3ccc(=O)cc-3oc12. The van der Waals surface area contributed by atoms with Crippen molar-refractivity contribution in [2.24, 2.45) is 0 Å². The Labute approximate surface area is 144 Å². The average Bonchev–Trinajstić information content (AvgIpc) is 2.92. The molecule has 4 rings (SSSR count). The first-order chi connectivity index (χ1) is 12.4. The van der Waals surface area contributed by atoms with Crippen LogP contribution < -0.4 is 10.3 Å². The number of hydrogen-bond donors (Lipinski definition) is 3. The van der Waals surface area contributed by atoms with Crippen LogP contribution in [0.5, 0.6) is 17.5 Å². The van der Waals surface area contributed by atoms with Gasteiger partial charge in [-0.05, 0) is 24.3 Å². The molecule has 2 aliphatic rings. The molecule has 0 bridgehead atoms. The summed E-state index contributed by atoms with van der Waals surface area (Å²) in [7, 11) is 0. The number of aromatic nitrogens is 2. The van der Waals surface area contributed by atoms with Crippen LogP contribution in [-0.4, -0.2) is 31.0 Å². The zero-order valence-electron chi connectivity index (χ0n) is 12.9. The normalized spacial score (nSPS) is 11.1. The van der Waals surface area contributed by atoms with E-state index in [1.54, 1.807) is 0 Å². The Morgan fingerprint density at radius 1 is 1.04 bits per heavy atom. The number of phenolic OH excluding ortho intramolecular Hbond substituents is 1. The molecule has 130 valence electrons. The number of fused-ring (bicyclic) bond motifs is 2. The topological polar surface area (TPSA) is 135 Å². The van der Waals surface area contributed by atoms with E-state index in [1.807, 2.05) is 0 Å². The number of hydrogen-bond acceptors (Lipinski definition) is 8. The molecule has 0 saturated carbocycles. The second kappa shape index (κ2) is 5.52. The molecule has 9 nitrogen and oxygen atoms in total. The lowest BCUT2D eigenvalue weighted by Gasteiger charge is -2.11. The standard InChI is InChI=1S/C17H10N2O7/c20-8-1-2-9-12(7-8)25-16-10(18-9)3-4-11(21)15(16)17(24)26-19-13(22)5-6-14(19)23/h1-7,21-23H. The maximum absolute atomic E-state index is 12.5. The molecule has 0 unspecified atom stereocenters. The van der Waals surface area contributed by atoms with Crippen molar-refractivity contribution in [3.05, 3.63) is 58.3 Å². The highest BCUT2D eigenvalue weighted by molar-refractivity contribution is 6.04. The highest BCUT2D eigenvalue weighted by Crippen LogP contribution is 2.31. The van der Waals surface area contributed by atoms with Gasteiger partial charge in [-0.1, -0.05) is 0 Å². The Hall–Kier alpha value is -4.01. The number of aromatic hydroxyl groups is 3. The third-order valence-electron chi connectivity index (χ3n) is 3.68. The summed E-state index contributed by atoms with van der Waals surface area (Å²) in [5.41, 5.74) is -0.168. The lowest BCUT2D eigenvalue weighted by molar-refractivity contribution is 0.0379. The maximum Gasteiger partial charge on any atom is 0.371 e. The average molecular weight is 354 g/mol. The molecule has 0 amide bonds. The summed E-state index contributed by atoms with van der Waals surface area (Å²) in [6.45, 7) is 0. The van der Waals surface area contributed by atoms with E-state index in [-0.39, 0.29) is 27.9 Å². The lowest BCUT2D eigenvalue weighted by Crippen LogP contribution is -2.19. The summed E-state index contributed by atoms with van der Waals surface area (Å²) >= 11 is 0. The van der Waals surface area contributed by atoms with Crippen LogP contribution in [0, 0.1) is 0 Å². The minimum absolute atomic E-state index is 0.112. The van der Waals surface area contributed by atoms with E-state index in [0.29, 0.717) is 10.4 Å². The monoisotopic (exact) mass is 354 g/mol. The fourth-order valence-electron chi connectivity index (χ4n) is 2.48. The van der Waals surface area contributed by atoms with E-state index >= 15 is 0 Å². The molecular weight excluding hydrogens is 344 g/mol. The highest BCUT2D eigenvalue weighted by atomic mass is 16.7. The van der Waals surface area contributed by atoms with Gasteiger partial charge in [-0.15, -0.1) is 4.73 Å². The van der Waals surface area contributed by atoms with Crippen molar-refractivity contribution in [2.75, 3.05) is 0 Å². The van der Waals surface area contributed by atoms with Gasteiger partial charge in [-0.3, -0.25) is 4.79 Å². The maximum atomic E-state index is 12.5. The van der Waals surface area contributed by atoms with Gasteiger partial charge in [0.2, 0.25) is 11.8 Å². The molecule has 9 heteroatoms. The molecular formula is C17H10N2O7. The highest BCUT2D eigenvalue weighted by Gasteiger charge is 2.24. The minimum atomic E-state index is -1.11. The van der Waals surface area contributed by atoms with Crippen LogP contribution >= 0.6 is 0 Å². The third kappa shape index (κ3) is 2.38. The first-order valence-corrected chi connectivity index (χ1v) is 7.33. The van der Waals surface area contributed by atoms with Crippen LogP contribution in [0.3, 0.4) is 0 Å². The largest absolute Gasteiger partial charge is 0.507 e. The van der Waals surface area contributed by atoms with Gasteiger partial charge < -0.3 is 24.6 Å². The van der Waals surface area contributed by atoms with Gasteiger partial charge in [0.05, 0.1) is 0 Å². The van der Waals surface area contributed by atoms with Gasteiger partial charge in [0, 0.05) is 18.2 Å². The molecule has 2 aromatic rings. The molecule has 0 radical (unpaired) electrons. The Morgan fingerprint density at radius 3 is 2.50 bits per heavy atom. The fourth-order valence-corrected chi connectivity index (χ4v) is 2.48. The zero-order chi connectivity index (χ0) is 18.4. The summed E-state index contributed by atoms with van der Waals surface area (Å²) in [5.74, 6) is -2.50. The summed E-state index contributed by atoms with van der Waals surface area (Å²) in [6, 6.07) is 8.88. The predicted octanol–water partition coefficient (Wildman–Crippen LogP) is 1.48. The summed E-state index contributed by atoms with van der Waals surface area (Å²) in [4.78, 5) is 33.2. The molecule has 0 atom stereocenters. The van der Waals surface area contributed by atoms with Crippen molar-refractivity contribution in [3.8, 4) is 29.0 Å². The van der Waals surface area contributed by atoms with Gasteiger partial charge in [-0.25, -0.2) is 9.78 Å². The van der Waals surface area contributed by atoms with Gasteiger partial charge >= 0.3 is 5.97 Å². The van der Waals surface area contributed by atoms with Crippen LogP contribution in [0.2, 0.25) is 0 Å². The van der Waals surface area contributed by atoms with Crippen LogP contribution in [0.4, 0.5) is 0 Å². The molecule has 1 aliphatic carbocycles. The van der Waals surface area contributed by atoms with E-state index in [9.17, 15) is 24.9 Å². The van der Waals surface area contributed by atoms with E-state index in [1.165, 1.54) is 30.3 Å². The molecule has 3 N–H and O–H groups in total. The van der Waals surface area contributed by atoms with Crippen LogP contribution in [0.1, 0.15) is 10.4 Å². The number of carbonyl (C=O) groups excluding carboxylic acids is 1.